The van der Waals surface area contributed by atoms with Gasteiger partial charge >= 0.3 is 6.03 Å². The van der Waals surface area contributed by atoms with E-state index in [2.05, 4.69) is 20.3 Å². The topological polar surface area (TPSA) is 117 Å². The van der Waals surface area contributed by atoms with E-state index in [0.717, 1.165) is 0 Å². The van der Waals surface area contributed by atoms with Gasteiger partial charge in [-0.3, -0.25) is 5.32 Å². The lowest BCUT2D eigenvalue weighted by atomic mass is 10.4. The molecule has 12 heteroatoms. The van der Waals surface area contributed by atoms with Gasteiger partial charge in [0.2, 0.25) is 17.2 Å². The van der Waals surface area contributed by atoms with Gasteiger partial charge in [0.05, 0.1) is 5.02 Å². The van der Waals surface area contributed by atoms with Crippen LogP contribution in [0.5, 0.6) is 0 Å². The first-order chi connectivity index (χ1) is 11.2. The van der Waals surface area contributed by atoms with E-state index in [1.807, 2.05) is 4.72 Å². The zero-order valence-electron chi connectivity index (χ0n) is 12.5. The molecule has 1 heterocycles. The van der Waals surface area contributed by atoms with Crippen molar-refractivity contribution in [3.05, 3.63) is 34.6 Å². The molecule has 1 aromatic carbocycles. The molecule has 0 atom stereocenters. The second-order valence-electron chi connectivity index (χ2n) is 4.61. The molecule has 2 amide bonds. The predicted molar refractivity (Wildman–Crippen MR) is 90.0 cm³/mol. The summed E-state index contributed by atoms with van der Waals surface area (Å²) in [6.07, 6.45) is 0. The van der Waals surface area contributed by atoms with Gasteiger partial charge < -0.3 is 4.90 Å². The fraction of sp³-hybridized carbons (Fsp3) is 0.167. The van der Waals surface area contributed by atoms with Gasteiger partial charge in [-0.2, -0.15) is 15.0 Å². The lowest BCUT2D eigenvalue weighted by molar-refractivity contribution is 0.256. The highest BCUT2D eigenvalue weighted by atomic mass is 35.5. The summed E-state index contributed by atoms with van der Waals surface area (Å²) in [5, 5.41) is 2.01. The second kappa shape index (κ2) is 7.16. The van der Waals surface area contributed by atoms with Crippen LogP contribution in [0.1, 0.15) is 0 Å². The fourth-order valence-electron chi connectivity index (χ4n) is 1.56. The number of nitrogens with zero attached hydrogens (tertiary/aromatic N) is 4. The molecule has 2 N–H and O–H groups in total. The predicted octanol–water partition coefficient (Wildman–Crippen LogP) is 1.75. The molecule has 0 aliphatic carbocycles. The Labute approximate surface area is 148 Å². The van der Waals surface area contributed by atoms with Crippen LogP contribution in [0.2, 0.25) is 10.3 Å². The number of hydrogen-bond acceptors (Lipinski definition) is 7. The zero-order valence-corrected chi connectivity index (χ0v) is 14.8. The fourth-order valence-corrected chi connectivity index (χ4v) is 3.15. The SMILES string of the molecule is CN(C)c1nc(Cl)nc(NC(=O)NS(=O)(=O)c2ccccc2Cl)n1. The largest absolute Gasteiger partial charge is 0.347 e. The van der Waals surface area contributed by atoms with E-state index in [-0.39, 0.29) is 27.1 Å². The van der Waals surface area contributed by atoms with E-state index < -0.39 is 16.1 Å². The summed E-state index contributed by atoms with van der Waals surface area (Å²) >= 11 is 11.6. The molecule has 2 aromatic rings. The molecule has 0 saturated heterocycles. The highest BCUT2D eigenvalue weighted by Gasteiger charge is 2.21. The highest BCUT2D eigenvalue weighted by Crippen LogP contribution is 2.20. The van der Waals surface area contributed by atoms with Crippen molar-refractivity contribution in [2.24, 2.45) is 0 Å². The van der Waals surface area contributed by atoms with Gasteiger partial charge in [-0.05, 0) is 23.7 Å². The van der Waals surface area contributed by atoms with Crippen LogP contribution in [0.4, 0.5) is 16.7 Å². The van der Waals surface area contributed by atoms with Crippen LogP contribution in [0.15, 0.2) is 29.2 Å². The lowest BCUT2D eigenvalue weighted by Gasteiger charge is -2.12. The van der Waals surface area contributed by atoms with Crippen molar-refractivity contribution in [2.75, 3.05) is 24.3 Å². The monoisotopic (exact) mass is 390 g/mol. The first-order valence-electron chi connectivity index (χ1n) is 6.36. The third-order valence-electron chi connectivity index (χ3n) is 2.57. The van der Waals surface area contributed by atoms with E-state index in [1.165, 1.54) is 23.1 Å². The summed E-state index contributed by atoms with van der Waals surface area (Å²) in [4.78, 5) is 24.7. The molecule has 1 aromatic heterocycles. The molecule has 0 aliphatic heterocycles. The van der Waals surface area contributed by atoms with E-state index in [9.17, 15) is 13.2 Å². The Morgan fingerprint density at radius 1 is 1.12 bits per heavy atom. The molecule has 0 bridgehead atoms. The highest BCUT2D eigenvalue weighted by molar-refractivity contribution is 7.90. The van der Waals surface area contributed by atoms with Crippen LogP contribution in [-0.4, -0.2) is 43.5 Å². The van der Waals surface area contributed by atoms with Crippen LogP contribution in [-0.2, 0) is 10.0 Å². The van der Waals surface area contributed by atoms with Crippen LogP contribution < -0.4 is 14.9 Å². The number of nitrogens with one attached hydrogen (secondary N) is 2. The molecular formula is C12H12Cl2N6O3S. The van der Waals surface area contributed by atoms with Crippen molar-refractivity contribution in [3.8, 4) is 0 Å². The van der Waals surface area contributed by atoms with Gasteiger partial charge in [0.15, 0.2) is 0 Å². The number of amides is 2. The maximum absolute atomic E-state index is 12.2. The Balaban J connectivity index is 2.18. The van der Waals surface area contributed by atoms with Crippen molar-refractivity contribution in [2.45, 2.75) is 4.90 Å². The maximum atomic E-state index is 12.2. The van der Waals surface area contributed by atoms with Crippen molar-refractivity contribution in [1.29, 1.82) is 0 Å². The van der Waals surface area contributed by atoms with Crippen molar-refractivity contribution in [1.82, 2.24) is 19.7 Å². The number of carbonyl (C=O) groups is 1. The van der Waals surface area contributed by atoms with Gasteiger partial charge in [0.25, 0.3) is 10.0 Å². The minimum Gasteiger partial charge on any atom is -0.347 e. The zero-order chi connectivity index (χ0) is 17.9. The molecule has 0 radical (unpaired) electrons. The molecule has 128 valence electrons. The van der Waals surface area contributed by atoms with Crippen molar-refractivity contribution in [3.63, 3.8) is 0 Å². The Morgan fingerprint density at radius 3 is 2.42 bits per heavy atom. The van der Waals surface area contributed by atoms with Gasteiger partial charge in [-0.1, -0.05) is 23.7 Å². The Morgan fingerprint density at radius 2 is 1.79 bits per heavy atom. The summed E-state index contributed by atoms with van der Waals surface area (Å²) in [7, 11) is -0.827. The van der Waals surface area contributed by atoms with Crippen molar-refractivity contribution < 1.29 is 13.2 Å². The van der Waals surface area contributed by atoms with Crippen LogP contribution >= 0.6 is 23.2 Å². The third-order valence-corrected chi connectivity index (χ3v) is 4.57. The van der Waals surface area contributed by atoms with Crippen LogP contribution in [0.25, 0.3) is 0 Å². The Kier molecular flexibility index (Phi) is 5.42. The summed E-state index contributed by atoms with van der Waals surface area (Å²) in [5.41, 5.74) is 0. The standard InChI is InChI=1S/C12H12Cl2N6O3S/c1-20(2)11-16-9(14)15-10(17-11)18-12(21)19-24(22,23)8-6-4-3-5-7(8)13/h3-6H,1-2H3,(H2,15,16,17,18,19,21). The smallest absolute Gasteiger partial charge is 0.335 e. The molecule has 0 fully saturated rings. The summed E-state index contributed by atoms with van der Waals surface area (Å²) in [6, 6.07) is 4.64. The minimum absolute atomic E-state index is 0.0177. The Bertz CT molecular complexity index is 875. The molecule has 0 saturated carbocycles. The molecular weight excluding hydrogens is 379 g/mol. The molecule has 2 rings (SSSR count). The average Bonchev–Trinajstić information content (AvgIpc) is 2.45. The summed E-state index contributed by atoms with van der Waals surface area (Å²) in [5.74, 6) is -0.00943. The number of carbonyl (C=O) groups excluding carboxylic acids is 1. The average molecular weight is 391 g/mol. The van der Waals surface area contributed by atoms with Gasteiger partial charge in [-0.25, -0.2) is 17.9 Å². The normalized spacial score (nSPS) is 11.0. The second-order valence-corrected chi connectivity index (χ2v) is 7.01. The summed E-state index contributed by atoms with van der Waals surface area (Å²) < 4.78 is 26.1. The number of sulfonamides is 1. The van der Waals surface area contributed by atoms with Crippen molar-refractivity contribution >= 4 is 51.2 Å². The number of hydrogen-bond donors (Lipinski definition) is 2. The molecule has 0 unspecified atom stereocenters. The number of anilines is 2. The molecule has 0 aliphatic rings. The Hall–Kier alpha value is -2.17. The van der Waals surface area contributed by atoms with E-state index >= 15 is 0 Å². The number of urea groups is 1. The number of rotatable bonds is 4. The molecule has 9 nitrogen and oxygen atoms in total. The van der Waals surface area contributed by atoms with Gasteiger partial charge in [0.1, 0.15) is 4.90 Å². The number of halogens is 2. The van der Waals surface area contributed by atoms with E-state index in [1.54, 1.807) is 20.2 Å². The number of benzene rings is 1. The quantitative estimate of drug-likeness (QED) is 0.816. The van der Waals surface area contributed by atoms with E-state index in [0.29, 0.717) is 0 Å². The first-order valence-corrected chi connectivity index (χ1v) is 8.60. The van der Waals surface area contributed by atoms with Gasteiger partial charge in [-0.15, -0.1) is 0 Å². The minimum atomic E-state index is -4.16. The number of aromatic nitrogens is 3. The molecule has 0 spiro atoms. The first kappa shape index (κ1) is 18.2. The summed E-state index contributed by atoms with van der Waals surface area (Å²) in [6.45, 7) is 0. The molecule has 24 heavy (non-hydrogen) atoms. The van der Waals surface area contributed by atoms with Crippen LogP contribution in [0.3, 0.4) is 0 Å². The maximum Gasteiger partial charge on any atom is 0.335 e. The third kappa shape index (κ3) is 4.43. The van der Waals surface area contributed by atoms with Crippen LogP contribution in [0, 0.1) is 0 Å². The van der Waals surface area contributed by atoms with Gasteiger partial charge in [0, 0.05) is 14.1 Å². The van der Waals surface area contributed by atoms with E-state index in [4.69, 9.17) is 23.2 Å². The lowest BCUT2D eigenvalue weighted by Crippen LogP contribution is -2.35.